The minimum absolute atomic E-state index is 0.0341. The summed E-state index contributed by atoms with van der Waals surface area (Å²) in [6.07, 6.45) is 9.61. The fourth-order valence-electron chi connectivity index (χ4n) is 5.26. The monoisotopic (exact) mass is 596 g/mol. The topological polar surface area (TPSA) is 168 Å². The maximum Gasteiger partial charge on any atom is 0.243 e. The summed E-state index contributed by atoms with van der Waals surface area (Å²) in [5, 5.41) is 20.0. The van der Waals surface area contributed by atoms with E-state index in [1.165, 1.54) is 0 Å². The first-order valence-corrected chi connectivity index (χ1v) is 15.3. The molecule has 1 aliphatic heterocycles. The van der Waals surface area contributed by atoms with Crippen LogP contribution < -0.4 is 31.7 Å². The second-order valence-corrected chi connectivity index (χ2v) is 11.5. The van der Waals surface area contributed by atoms with Crippen LogP contribution in [0.3, 0.4) is 0 Å². The molecule has 43 heavy (non-hydrogen) atoms. The van der Waals surface area contributed by atoms with Gasteiger partial charge in [-0.15, -0.1) is 0 Å². The number of fused-ring (bicyclic) bond motifs is 1. The first-order chi connectivity index (χ1) is 20.6. The van der Waals surface area contributed by atoms with Gasteiger partial charge in [-0.05, 0) is 79.9 Å². The minimum atomic E-state index is -0.802. The van der Waals surface area contributed by atoms with Gasteiger partial charge in [0.05, 0.1) is 13.2 Å². The molecule has 236 valence electrons. The number of hydrogen-bond acceptors (Lipinski definition) is 7. The summed E-state index contributed by atoms with van der Waals surface area (Å²) in [5.74, 6) is 0.422. The van der Waals surface area contributed by atoms with Gasteiger partial charge in [-0.25, -0.2) is 0 Å². The molecule has 0 spiro atoms. The van der Waals surface area contributed by atoms with Gasteiger partial charge in [0.25, 0.3) is 0 Å². The predicted molar refractivity (Wildman–Crippen MR) is 167 cm³/mol. The largest absolute Gasteiger partial charge is 0.497 e. The van der Waals surface area contributed by atoms with Crippen molar-refractivity contribution in [3.8, 4) is 5.75 Å². The smallest absolute Gasteiger partial charge is 0.243 e. The van der Waals surface area contributed by atoms with Crippen molar-refractivity contribution in [3.63, 3.8) is 0 Å². The molecule has 1 aliphatic carbocycles. The van der Waals surface area contributed by atoms with E-state index in [1.807, 2.05) is 45.1 Å². The molecule has 0 radical (unpaired) electrons. The zero-order chi connectivity index (χ0) is 31.4. The molecule has 1 aromatic rings. The number of methoxy groups -OCH3 is 1. The van der Waals surface area contributed by atoms with E-state index < -0.39 is 18.1 Å². The van der Waals surface area contributed by atoms with Gasteiger partial charge in [0.1, 0.15) is 36.0 Å². The van der Waals surface area contributed by atoms with Gasteiger partial charge in [-0.2, -0.15) is 0 Å². The van der Waals surface area contributed by atoms with Crippen molar-refractivity contribution in [2.24, 2.45) is 17.6 Å². The number of nitrogen functional groups attached to an aromatic ring is 1. The highest BCUT2D eigenvalue weighted by Crippen LogP contribution is 2.23. The van der Waals surface area contributed by atoms with Crippen molar-refractivity contribution in [2.75, 3.05) is 26.8 Å². The van der Waals surface area contributed by atoms with E-state index in [9.17, 15) is 14.4 Å². The van der Waals surface area contributed by atoms with Gasteiger partial charge in [0.15, 0.2) is 0 Å². The number of aryl methyl sites for hydroxylation is 1. The van der Waals surface area contributed by atoms with Gasteiger partial charge in [0.2, 0.25) is 17.7 Å². The Hall–Kier alpha value is -3.86. The lowest BCUT2D eigenvalue weighted by molar-refractivity contribution is -0.133. The summed E-state index contributed by atoms with van der Waals surface area (Å²) >= 11 is 0. The van der Waals surface area contributed by atoms with Crippen LogP contribution in [0.1, 0.15) is 64.0 Å². The summed E-state index contributed by atoms with van der Waals surface area (Å²) in [4.78, 5) is 40.2. The number of carbonyl (C=O) groups excluding carboxylic acids is 3. The normalized spacial score (nSPS) is 24.3. The average Bonchev–Trinajstić information content (AvgIpc) is 2.99. The fourth-order valence-corrected chi connectivity index (χ4v) is 5.26. The Morgan fingerprint density at radius 2 is 1.91 bits per heavy atom. The molecule has 11 heteroatoms. The van der Waals surface area contributed by atoms with Gasteiger partial charge >= 0.3 is 0 Å². The molecule has 1 aromatic carbocycles. The van der Waals surface area contributed by atoms with E-state index in [0.717, 1.165) is 17.7 Å². The standard InChI is InChI=1S/C32H48N6O5/c1-5-7-25-30(39)36-15-6-8-22-19-23(29(33)34)11-14-27(22)43-17-16-35-26(18-21-9-12-24(42-4)13-10-21)31(40)38-28(20(2)3)32(41)37-25/h9,11-14,19-21,25-26,28,35H,5-8,10,15-18H2,1-4H3,(H3,33,34)(H,36,39)(H,37,41)(H,38,40)/t21?,25-,26+,28+/m0/s1. The first kappa shape index (κ1) is 33.6. The Kier molecular flexibility index (Phi) is 13.1. The molecule has 0 aromatic heterocycles. The Morgan fingerprint density at radius 1 is 1.12 bits per heavy atom. The summed E-state index contributed by atoms with van der Waals surface area (Å²) in [5.41, 5.74) is 7.20. The van der Waals surface area contributed by atoms with Crippen LogP contribution in [-0.2, 0) is 25.5 Å². The number of rotatable bonds is 7. The molecule has 2 aliphatic rings. The van der Waals surface area contributed by atoms with Gasteiger partial charge in [0, 0.05) is 18.7 Å². The summed E-state index contributed by atoms with van der Waals surface area (Å²) in [6.45, 7) is 6.80. The van der Waals surface area contributed by atoms with Crippen LogP contribution in [0.15, 0.2) is 42.2 Å². The van der Waals surface area contributed by atoms with Crippen molar-refractivity contribution in [1.82, 2.24) is 21.3 Å². The molecule has 3 amide bonds. The maximum absolute atomic E-state index is 13.7. The average molecular weight is 597 g/mol. The molecule has 0 saturated carbocycles. The highest BCUT2D eigenvalue weighted by molar-refractivity contribution is 5.95. The maximum atomic E-state index is 13.7. The number of ether oxygens (including phenoxy) is 2. The fraction of sp³-hybridized carbons (Fsp3) is 0.562. The Labute approximate surface area is 254 Å². The third-order valence-corrected chi connectivity index (χ3v) is 7.75. The SMILES string of the molecule is CCC[C@@H]1NC(=O)[C@@H](C(C)C)NC(=O)[C@@H](CC2C=CC(OC)=CC2)NCCOc2ccc(C(=N)N)cc2CCCNC1=O. The van der Waals surface area contributed by atoms with Crippen LogP contribution in [0, 0.1) is 17.2 Å². The molecule has 0 saturated heterocycles. The number of nitrogens with two attached hydrogens (primary N) is 1. The second-order valence-electron chi connectivity index (χ2n) is 11.5. The van der Waals surface area contributed by atoms with Gasteiger partial charge in [-0.1, -0.05) is 33.3 Å². The molecule has 11 nitrogen and oxygen atoms in total. The lowest BCUT2D eigenvalue weighted by atomic mass is 9.92. The number of amidine groups is 1. The lowest BCUT2D eigenvalue weighted by Crippen LogP contribution is -2.58. The van der Waals surface area contributed by atoms with E-state index in [-0.39, 0.29) is 35.4 Å². The Bertz CT molecular complexity index is 1200. The summed E-state index contributed by atoms with van der Waals surface area (Å²) in [7, 11) is 1.63. The molecular weight excluding hydrogens is 548 g/mol. The zero-order valence-electron chi connectivity index (χ0n) is 25.8. The van der Waals surface area contributed by atoms with Crippen LogP contribution in [0.5, 0.6) is 5.75 Å². The highest BCUT2D eigenvalue weighted by atomic mass is 16.5. The minimum Gasteiger partial charge on any atom is -0.497 e. The molecule has 3 rings (SSSR count). The van der Waals surface area contributed by atoms with Gasteiger partial charge < -0.3 is 36.5 Å². The highest BCUT2D eigenvalue weighted by Gasteiger charge is 2.31. The first-order valence-electron chi connectivity index (χ1n) is 15.3. The lowest BCUT2D eigenvalue weighted by Gasteiger charge is -2.28. The van der Waals surface area contributed by atoms with E-state index in [1.54, 1.807) is 19.2 Å². The van der Waals surface area contributed by atoms with Crippen LogP contribution in [-0.4, -0.2) is 68.5 Å². The summed E-state index contributed by atoms with van der Waals surface area (Å²) in [6, 6.07) is 3.30. The number of allylic oxidation sites excluding steroid dienone is 3. The molecule has 1 heterocycles. The van der Waals surface area contributed by atoms with Gasteiger partial charge in [-0.3, -0.25) is 19.8 Å². The van der Waals surface area contributed by atoms with E-state index in [4.69, 9.17) is 20.6 Å². The van der Waals surface area contributed by atoms with Crippen molar-refractivity contribution in [3.05, 3.63) is 53.3 Å². The number of hydrogen-bond donors (Lipinski definition) is 6. The molecular formula is C32H48N6O5. The Morgan fingerprint density at radius 3 is 2.56 bits per heavy atom. The third-order valence-electron chi connectivity index (χ3n) is 7.75. The second kappa shape index (κ2) is 16.7. The summed E-state index contributed by atoms with van der Waals surface area (Å²) < 4.78 is 11.4. The molecule has 1 unspecified atom stereocenters. The number of carbonyl (C=O) groups is 3. The van der Waals surface area contributed by atoms with E-state index >= 15 is 0 Å². The number of benzene rings is 1. The van der Waals surface area contributed by atoms with E-state index in [2.05, 4.69) is 21.3 Å². The van der Waals surface area contributed by atoms with Crippen molar-refractivity contribution in [2.45, 2.75) is 77.4 Å². The third kappa shape index (κ3) is 10.1. The van der Waals surface area contributed by atoms with Crippen LogP contribution in [0.25, 0.3) is 0 Å². The predicted octanol–water partition coefficient (Wildman–Crippen LogP) is 2.29. The molecule has 0 bridgehead atoms. The van der Waals surface area contributed by atoms with Crippen LogP contribution in [0.2, 0.25) is 0 Å². The molecule has 4 atom stereocenters. The van der Waals surface area contributed by atoms with Crippen molar-refractivity contribution in [1.29, 1.82) is 5.41 Å². The van der Waals surface area contributed by atoms with Crippen LogP contribution in [0.4, 0.5) is 0 Å². The molecule has 0 fully saturated rings. The van der Waals surface area contributed by atoms with Crippen molar-refractivity contribution < 1.29 is 23.9 Å². The number of nitrogens with one attached hydrogen (secondary N) is 5. The van der Waals surface area contributed by atoms with Crippen molar-refractivity contribution >= 4 is 23.6 Å². The zero-order valence-corrected chi connectivity index (χ0v) is 25.8. The van der Waals surface area contributed by atoms with Crippen LogP contribution >= 0.6 is 0 Å². The number of amides is 3. The molecule has 7 N–H and O–H groups in total. The quantitative estimate of drug-likeness (QED) is 0.207. The van der Waals surface area contributed by atoms with E-state index in [0.29, 0.717) is 63.1 Å². The Balaban J connectivity index is 1.86.